The number of ether oxygens (including phenoxy) is 1. The Morgan fingerprint density at radius 3 is 2.51 bits per heavy atom. The Morgan fingerprint density at radius 1 is 1.11 bits per heavy atom. The first-order valence-electron chi connectivity index (χ1n) is 10.2. The van der Waals surface area contributed by atoms with E-state index in [1.54, 1.807) is 0 Å². The summed E-state index contributed by atoms with van der Waals surface area (Å²) >= 11 is 0. The smallest absolute Gasteiger partial charge is 0.329 e. The molecule has 4 atom stereocenters. The molecule has 1 aliphatic heterocycles. The first kappa shape index (κ1) is 24.7. The van der Waals surface area contributed by atoms with Crippen LogP contribution in [0.3, 0.4) is 0 Å². The summed E-state index contributed by atoms with van der Waals surface area (Å²) in [4.78, 5) is 54.6. The van der Waals surface area contributed by atoms with Crippen molar-refractivity contribution in [3.63, 3.8) is 0 Å². The highest BCUT2D eigenvalue weighted by atomic mass is 31.2. The van der Waals surface area contributed by atoms with Crippen molar-refractivity contribution in [1.82, 2.24) is 24.8 Å². The molecule has 8 N–H and O–H groups in total. The van der Waals surface area contributed by atoms with Gasteiger partial charge in [-0.25, -0.2) is 15.0 Å². The van der Waals surface area contributed by atoms with E-state index in [0.717, 1.165) is 0 Å². The number of anilines is 2. The van der Waals surface area contributed by atoms with E-state index in [2.05, 4.69) is 25.6 Å². The van der Waals surface area contributed by atoms with Gasteiger partial charge in [0.1, 0.15) is 24.1 Å². The highest BCUT2D eigenvalue weighted by Gasteiger charge is 2.47. The SMILES string of the molecule is Nc1ncnc2c1ncn2[C@@H]1O[C@H](C(=O)NCC(=O)Nc2ccc(CP(=O)(O)O)cc2)[C@H](O)[C@@H]1O. The fourth-order valence-electron chi connectivity index (χ4n) is 3.57. The lowest BCUT2D eigenvalue weighted by Crippen LogP contribution is -2.45. The van der Waals surface area contributed by atoms with E-state index >= 15 is 0 Å². The van der Waals surface area contributed by atoms with Crippen LogP contribution < -0.4 is 16.4 Å². The Hall–Kier alpha value is -3.46. The minimum absolute atomic E-state index is 0.110. The molecule has 0 unspecified atom stereocenters. The minimum Gasteiger partial charge on any atom is -0.387 e. The summed E-state index contributed by atoms with van der Waals surface area (Å²) in [5, 5.41) is 25.6. The third-order valence-electron chi connectivity index (χ3n) is 5.21. The van der Waals surface area contributed by atoms with E-state index < -0.39 is 56.7 Å². The molecule has 2 aromatic heterocycles. The van der Waals surface area contributed by atoms with Crippen LogP contribution in [0.15, 0.2) is 36.9 Å². The average molecular weight is 507 g/mol. The van der Waals surface area contributed by atoms with Gasteiger partial charge >= 0.3 is 7.60 Å². The van der Waals surface area contributed by atoms with Gasteiger partial charge in [0.05, 0.1) is 19.0 Å². The van der Waals surface area contributed by atoms with Gasteiger partial charge < -0.3 is 41.1 Å². The standard InChI is InChI=1S/C19H22N7O8P/c20-16-12-17(23-7-22-16)26(8-24-12)19-14(29)13(28)15(34-19)18(30)21-5-11(27)25-10-3-1-9(2-4-10)6-35(31,32)33/h1-4,7-8,13-15,19,28-29H,5-6H2,(H,21,30)(H,25,27)(H2,20,22,23)(H2,31,32,33)/t13-,14+,15+,19-/m1/s1. The Balaban J connectivity index is 1.34. The second-order valence-electron chi connectivity index (χ2n) is 7.80. The monoisotopic (exact) mass is 507 g/mol. The minimum atomic E-state index is -4.21. The van der Waals surface area contributed by atoms with Gasteiger partial charge in [0.2, 0.25) is 5.91 Å². The van der Waals surface area contributed by atoms with Crippen LogP contribution in [0.2, 0.25) is 0 Å². The van der Waals surface area contributed by atoms with Crippen LogP contribution in [0, 0.1) is 0 Å². The van der Waals surface area contributed by atoms with Crippen molar-refractivity contribution in [3.05, 3.63) is 42.5 Å². The number of hydrogen-bond donors (Lipinski definition) is 7. The number of fused-ring (bicyclic) bond motifs is 1. The fourth-order valence-corrected chi connectivity index (χ4v) is 4.25. The number of carbonyl (C=O) groups is 2. The number of carbonyl (C=O) groups excluding carboxylic acids is 2. The number of nitrogens with one attached hydrogen (secondary N) is 2. The number of aliphatic hydroxyl groups is 2. The van der Waals surface area contributed by atoms with Gasteiger partial charge in [0, 0.05) is 5.69 Å². The number of rotatable bonds is 7. The van der Waals surface area contributed by atoms with Crippen LogP contribution >= 0.6 is 7.60 Å². The first-order valence-corrected chi connectivity index (χ1v) is 12.0. The Labute approximate surface area is 197 Å². The number of aliphatic hydroxyl groups excluding tert-OH is 2. The molecule has 1 aromatic carbocycles. The molecule has 0 saturated carbocycles. The van der Waals surface area contributed by atoms with E-state index in [9.17, 15) is 24.4 Å². The van der Waals surface area contributed by atoms with Crippen molar-refractivity contribution in [3.8, 4) is 0 Å². The third-order valence-corrected chi connectivity index (χ3v) is 5.98. The summed E-state index contributed by atoms with van der Waals surface area (Å²) in [6.45, 7) is -0.464. The Kier molecular flexibility index (Phi) is 6.80. The van der Waals surface area contributed by atoms with Gasteiger partial charge in [0.15, 0.2) is 23.8 Å². The molecule has 15 nitrogen and oxygen atoms in total. The van der Waals surface area contributed by atoms with E-state index in [0.29, 0.717) is 11.3 Å². The molecular formula is C19H22N7O8P. The highest BCUT2D eigenvalue weighted by molar-refractivity contribution is 7.50. The molecular weight excluding hydrogens is 485 g/mol. The number of nitrogen functional groups attached to an aromatic ring is 1. The average Bonchev–Trinajstić information content (AvgIpc) is 3.35. The maximum Gasteiger partial charge on any atom is 0.329 e. The summed E-state index contributed by atoms with van der Waals surface area (Å²) < 4.78 is 17.9. The largest absolute Gasteiger partial charge is 0.387 e. The number of imidazole rings is 1. The zero-order chi connectivity index (χ0) is 25.3. The van der Waals surface area contributed by atoms with Crippen LogP contribution in [-0.2, 0) is 25.1 Å². The molecule has 2 amide bonds. The van der Waals surface area contributed by atoms with Gasteiger partial charge in [-0.2, -0.15) is 0 Å². The number of nitrogens with two attached hydrogens (primary N) is 1. The van der Waals surface area contributed by atoms with Crippen molar-refractivity contribution in [2.24, 2.45) is 0 Å². The van der Waals surface area contributed by atoms with Gasteiger partial charge in [-0.1, -0.05) is 12.1 Å². The lowest BCUT2D eigenvalue weighted by atomic mass is 10.1. The molecule has 16 heteroatoms. The van der Waals surface area contributed by atoms with E-state index in [1.165, 1.54) is 41.5 Å². The van der Waals surface area contributed by atoms with Crippen molar-refractivity contribution in [2.45, 2.75) is 30.7 Å². The molecule has 1 fully saturated rings. The van der Waals surface area contributed by atoms with Crippen LogP contribution in [0.1, 0.15) is 11.8 Å². The van der Waals surface area contributed by atoms with Crippen molar-refractivity contribution in [2.75, 3.05) is 17.6 Å². The predicted molar refractivity (Wildman–Crippen MR) is 119 cm³/mol. The maximum absolute atomic E-state index is 12.5. The number of aromatic nitrogens is 4. The van der Waals surface area contributed by atoms with Crippen molar-refractivity contribution < 1.29 is 38.9 Å². The summed E-state index contributed by atoms with van der Waals surface area (Å²) in [5.74, 6) is -1.32. The van der Waals surface area contributed by atoms with E-state index in [1.807, 2.05) is 0 Å². The lowest BCUT2D eigenvalue weighted by Gasteiger charge is -2.16. The van der Waals surface area contributed by atoms with Gasteiger partial charge in [-0.3, -0.25) is 18.7 Å². The molecule has 186 valence electrons. The van der Waals surface area contributed by atoms with Gasteiger partial charge in [-0.15, -0.1) is 0 Å². The Morgan fingerprint density at radius 2 is 1.83 bits per heavy atom. The maximum atomic E-state index is 12.5. The number of amides is 2. The zero-order valence-electron chi connectivity index (χ0n) is 17.9. The second kappa shape index (κ2) is 9.65. The molecule has 35 heavy (non-hydrogen) atoms. The topological polar surface area (TPSA) is 235 Å². The lowest BCUT2D eigenvalue weighted by molar-refractivity contribution is -0.138. The number of benzene rings is 1. The molecule has 3 aromatic rings. The molecule has 0 spiro atoms. The van der Waals surface area contributed by atoms with Crippen LogP contribution in [-0.4, -0.2) is 76.2 Å². The summed E-state index contributed by atoms with van der Waals surface area (Å²) in [7, 11) is -4.21. The second-order valence-corrected chi connectivity index (χ2v) is 9.44. The Bertz CT molecular complexity index is 1290. The number of nitrogens with zero attached hydrogens (tertiary/aromatic N) is 4. The molecule has 1 aliphatic rings. The molecule has 3 heterocycles. The predicted octanol–water partition coefficient (Wildman–Crippen LogP) is -1.54. The molecule has 0 aliphatic carbocycles. The van der Waals surface area contributed by atoms with Gasteiger partial charge in [0.25, 0.3) is 5.91 Å². The third kappa shape index (κ3) is 5.45. The van der Waals surface area contributed by atoms with Crippen LogP contribution in [0.25, 0.3) is 11.2 Å². The van der Waals surface area contributed by atoms with Crippen LogP contribution in [0.4, 0.5) is 11.5 Å². The summed E-state index contributed by atoms with van der Waals surface area (Å²) in [5.41, 5.74) is 6.99. The van der Waals surface area contributed by atoms with Crippen molar-refractivity contribution >= 4 is 42.1 Å². The summed E-state index contributed by atoms with van der Waals surface area (Å²) in [6.07, 6.45) is -3.71. The fraction of sp³-hybridized carbons (Fsp3) is 0.316. The molecule has 0 bridgehead atoms. The van der Waals surface area contributed by atoms with E-state index in [-0.39, 0.29) is 17.0 Å². The zero-order valence-corrected chi connectivity index (χ0v) is 18.8. The summed E-state index contributed by atoms with van der Waals surface area (Å²) in [6, 6.07) is 5.83. The van der Waals surface area contributed by atoms with Crippen LogP contribution in [0.5, 0.6) is 0 Å². The number of hydrogen-bond acceptors (Lipinski definition) is 10. The first-order chi connectivity index (χ1) is 16.5. The molecule has 4 rings (SSSR count). The van der Waals surface area contributed by atoms with Crippen molar-refractivity contribution in [1.29, 1.82) is 0 Å². The van der Waals surface area contributed by atoms with Gasteiger partial charge in [-0.05, 0) is 17.7 Å². The normalized spacial score (nSPS) is 22.3. The highest BCUT2D eigenvalue weighted by Crippen LogP contribution is 2.39. The molecule has 0 radical (unpaired) electrons. The molecule has 1 saturated heterocycles. The van der Waals surface area contributed by atoms with E-state index in [4.69, 9.17) is 20.3 Å². The quantitative estimate of drug-likeness (QED) is 0.180.